The number of carbonyl (C=O) groups excluding carboxylic acids is 2. The maximum atomic E-state index is 12.9. The van der Waals surface area contributed by atoms with Crippen LogP contribution in [0.1, 0.15) is 0 Å². The maximum Gasteiger partial charge on any atom is 0.352 e. The van der Waals surface area contributed by atoms with Crippen LogP contribution in [0.2, 0.25) is 0 Å². The first-order valence-electron chi connectivity index (χ1n) is 9.49. The lowest BCUT2D eigenvalue weighted by Crippen LogP contribution is -2.75. The molecule has 1 aromatic carbocycles. The van der Waals surface area contributed by atoms with Gasteiger partial charge in [0.05, 0.1) is 6.04 Å². The highest BCUT2D eigenvalue weighted by Crippen LogP contribution is 2.46. The van der Waals surface area contributed by atoms with Crippen LogP contribution in [0.15, 0.2) is 40.7 Å². The number of rotatable bonds is 5. The number of phenolic OH excluding ortho intramolecular Hbond substituents is 1. The molecule has 4 heterocycles. The van der Waals surface area contributed by atoms with E-state index >= 15 is 0 Å². The summed E-state index contributed by atoms with van der Waals surface area (Å²) in [5.74, 6) is -1.44. The average molecular weight is 459 g/mol. The third-order valence-corrected chi connectivity index (χ3v) is 6.62. The number of hydrogen-bond donors (Lipinski definition) is 3. The molecule has 0 aliphatic carbocycles. The van der Waals surface area contributed by atoms with Crippen molar-refractivity contribution in [2.75, 3.05) is 17.8 Å². The van der Waals surface area contributed by atoms with E-state index in [1.807, 2.05) is 0 Å². The number of nitrogens with zero attached hydrogens (tertiary/aromatic N) is 6. The number of carboxylic acid groups (broad SMARTS) is 1. The number of aryl methyl sites for hydroxylation is 1. The summed E-state index contributed by atoms with van der Waals surface area (Å²) < 4.78 is 7.33. The predicted octanol–water partition coefficient (Wildman–Crippen LogP) is -0.170. The zero-order valence-electron chi connectivity index (χ0n) is 16.6. The minimum Gasteiger partial charge on any atom is -0.508 e. The summed E-state index contributed by atoms with van der Waals surface area (Å²) in [5, 5.41) is 33.5. The van der Waals surface area contributed by atoms with Crippen molar-refractivity contribution in [2.24, 2.45) is 7.05 Å². The second-order valence-electron chi connectivity index (χ2n) is 7.36. The molecule has 3 amide bonds. The SMILES string of the molecule is Cn1nnnc1SCC1=C(C(=O)O)N2C(=O)[C@@H]3[C@H]2C1OCN3C(=O)Nc1ccc(O)cc1. The number of aromatic hydroxyl groups is 1. The number of anilines is 1. The molecule has 2 saturated heterocycles. The number of carbonyl (C=O) groups is 3. The lowest BCUT2D eigenvalue weighted by molar-refractivity contribution is -0.179. The number of urea groups is 1. The molecule has 2 fully saturated rings. The Balaban J connectivity index is 1.36. The molecule has 3 atom stereocenters. The van der Waals surface area contributed by atoms with E-state index in [0.717, 1.165) is 0 Å². The number of amides is 3. The molecule has 1 unspecified atom stereocenters. The molecule has 14 heteroatoms. The van der Waals surface area contributed by atoms with Crippen LogP contribution in [0.25, 0.3) is 0 Å². The van der Waals surface area contributed by atoms with E-state index in [2.05, 4.69) is 20.8 Å². The van der Waals surface area contributed by atoms with Crippen molar-refractivity contribution < 1.29 is 29.3 Å². The van der Waals surface area contributed by atoms with Gasteiger partial charge in [-0.05, 0) is 34.7 Å². The lowest BCUT2D eigenvalue weighted by Gasteiger charge is -2.52. The second kappa shape index (κ2) is 7.49. The molecule has 0 bridgehead atoms. The lowest BCUT2D eigenvalue weighted by atomic mass is 9.89. The number of hydrogen-bond acceptors (Lipinski definition) is 9. The third kappa shape index (κ3) is 3.06. The van der Waals surface area contributed by atoms with Crippen LogP contribution in [-0.2, 0) is 21.4 Å². The van der Waals surface area contributed by atoms with Crippen molar-refractivity contribution in [3.8, 4) is 5.75 Å². The third-order valence-electron chi connectivity index (χ3n) is 5.56. The fraction of sp³-hybridized carbons (Fsp3) is 0.333. The van der Waals surface area contributed by atoms with Crippen molar-refractivity contribution in [2.45, 2.75) is 23.3 Å². The number of carboxylic acids is 1. The number of nitrogens with one attached hydrogen (secondary N) is 1. The van der Waals surface area contributed by atoms with Gasteiger partial charge in [0.1, 0.15) is 30.3 Å². The van der Waals surface area contributed by atoms with E-state index in [4.69, 9.17) is 4.74 Å². The number of thioether (sulfide) groups is 1. The summed E-state index contributed by atoms with van der Waals surface area (Å²) in [7, 11) is 1.66. The van der Waals surface area contributed by atoms with Crippen LogP contribution in [0, 0.1) is 0 Å². The van der Waals surface area contributed by atoms with Crippen molar-refractivity contribution in [1.29, 1.82) is 0 Å². The van der Waals surface area contributed by atoms with Crippen LogP contribution in [0.5, 0.6) is 5.75 Å². The summed E-state index contributed by atoms with van der Waals surface area (Å²) in [6, 6.07) is 3.88. The standard InChI is InChI=1S/C18H17N7O6S/c1-23-18(20-21-22-23)32-6-10-11(16(28)29)25-12-13(15(25)27)24(7-31-14(10)12)17(30)19-8-2-4-9(26)5-3-8/h2-5,12-14,26H,6-7H2,1H3,(H,19,30)(H,28,29)/t12-,13-,14?/m0/s1. The van der Waals surface area contributed by atoms with E-state index in [-0.39, 0.29) is 23.9 Å². The zero-order chi connectivity index (χ0) is 22.6. The van der Waals surface area contributed by atoms with Gasteiger partial charge in [0.25, 0.3) is 5.91 Å². The Morgan fingerprint density at radius 1 is 1.31 bits per heavy atom. The van der Waals surface area contributed by atoms with Gasteiger partial charge in [-0.15, -0.1) is 5.10 Å². The molecule has 32 heavy (non-hydrogen) atoms. The van der Waals surface area contributed by atoms with Gasteiger partial charge in [-0.3, -0.25) is 14.6 Å². The Kier molecular flexibility index (Phi) is 4.74. The van der Waals surface area contributed by atoms with E-state index in [1.165, 1.54) is 50.5 Å². The second-order valence-corrected chi connectivity index (χ2v) is 8.30. The molecular weight excluding hydrogens is 442 g/mol. The number of aromatic nitrogens is 4. The minimum atomic E-state index is -1.23. The van der Waals surface area contributed by atoms with Gasteiger partial charge < -0.3 is 20.3 Å². The molecular formula is C18H17N7O6S. The molecule has 0 saturated carbocycles. The largest absolute Gasteiger partial charge is 0.508 e. The van der Waals surface area contributed by atoms with Gasteiger partial charge in [-0.25, -0.2) is 14.3 Å². The Morgan fingerprint density at radius 3 is 2.72 bits per heavy atom. The van der Waals surface area contributed by atoms with Gasteiger partial charge in [0.15, 0.2) is 0 Å². The number of phenols is 1. The molecule has 0 radical (unpaired) electrons. The van der Waals surface area contributed by atoms with Crippen LogP contribution in [0.4, 0.5) is 10.5 Å². The van der Waals surface area contributed by atoms with Crippen molar-refractivity contribution in [3.63, 3.8) is 0 Å². The number of benzene rings is 1. The van der Waals surface area contributed by atoms with E-state index in [0.29, 0.717) is 16.4 Å². The molecule has 1 aromatic heterocycles. The van der Waals surface area contributed by atoms with Crippen molar-refractivity contribution in [1.82, 2.24) is 30.0 Å². The minimum absolute atomic E-state index is 0.0534. The highest BCUT2D eigenvalue weighted by Gasteiger charge is 2.65. The Hall–Kier alpha value is -3.65. The molecule has 3 aliphatic rings. The van der Waals surface area contributed by atoms with Crippen LogP contribution >= 0.6 is 11.8 Å². The van der Waals surface area contributed by atoms with Crippen molar-refractivity contribution in [3.05, 3.63) is 35.5 Å². The Labute approximate surface area is 184 Å². The van der Waals surface area contributed by atoms with Crippen molar-refractivity contribution >= 4 is 35.4 Å². The van der Waals surface area contributed by atoms with E-state index in [1.54, 1.807) is 7.05 Å². The molecule has 5 rings (SSSR count). The number of tetrazole rings is 1. The summed E-state index contributed by atoms with van der Waals surface area (Å²) in [6.07, 6.45) is -0.643. The first kappa shape index (κ1) is 20.3. The first-order chi connectivity index (χ1) is 15.4. The predicted molar refractivity (Wildman–Crippen MR) is 107 cm³/mol. The highest BCUT2D eigenvalue weighted by atomic mass is 32.2. The van der Waals surface area contributed by atoms with Gasteiger partial charge >= 0.3 is 12.0 Å². The first-order valence-corrected chi connectivity index (χ1v) is 10.5. The smallest absolute Gasteiger partial charge is 0.352 e. The van der Waals surface area contributed by atoms with Crippen LogP contribution < -0.4 is 5.32 Å². The summed E-state index contributed by atoms with van der Waals surface area (Å²) in [4.78, 5) is 40.1. The monoisotopic (exact) mass is 459 g/mol. The van der Waals surface area contributed by atoms with Gasteiger partial charge in [0, 0.05) is 24.1 Å². The van der Waals surface area contributed by atoms with E-state index < -0.39 is 36.1 Å². The fourth-order valence-electron chi connectivity index (χ4n) is 4.11. The zero-order valence-corrected chi connectivity index (χ0v) is 17.4. The van der Waals surface area contributed by atoms with Crippen LogP contribution in [0.3, 0.4) is 0 Å². The van der Waals surface area contributed by atoms with Gasteiger partial charge in [-0.1, -0.05) is 11.8 Å². The summed E-state index contributed by atoms with van der Waals surface area (Å²) in [5.41, 5.74) is 0.762. The topological polar surface area (TPSA) is 163 Å². The normalized spacial score (nSPS) is 23.8. The number of ether oxygens (including phenoxy) is 1. The summed E-state index contributed by atoms with van der Waals surface area (Å²) >= 11 is 1.23. The molecule has 13 nitrogen and oxygen atoms in total. The highest BCUT2D eigenvalue weighted by molar-refractivity contribution is 7.99. The molecule has 2 aromatic rings. The average Bonchev–Trinajstić information content (AvgIpc) is 3.32. The molecule has 3 N–H and O–H groups in total. The fourth-order valence-corrected chi connectivity index (χ4v) is 5.01. The van der Waals surface area contributed by atoms with Crippen LogP contribution in [-0.4, -0.2) is 88.8 Å². The van der Waals surface area contributed by atoms with Gasteiger partial charge in [0.2, 0.25) is 5.16 Å². The molecule has 3 aliphatic heterocycles. The maximum absolute atomic E-state index is 12.9. The quantitative estimate of drug-likeness (QED) is 0.311. The molecule has 166 valence electrons. The number of β-lactam (4-membered cyclic amide) rings is 1. The van der Waals surface area contributed by atoms with Gasteiger partial charge in [-0.2, -0.15) is 0 Å². The Morgan fingerprint density at radius 2 is 2.06 bits per heavy atom. The summed E-state index contributed by atoms with van der Waals surface area (Å²) in [6.45, 7) is -0.179. The van der Waals surface area contributed by atoms with E-state index in [9.17, 15) is 24.6 Å². The Bertz CT molecular complexity index is 1150. The molecule has 0 spiro atoms. The number of aliphatic carboxylic acids is 1.